The Morgan fingerprint density at radius 1 is 1.45 bits per heavy atom. The van der Waals surface area contributed by atoms with Gasteiger partial charge in [0.05, 0.1) is 21.0 Å². The molecular weight excluding hydrogens is 304 g/mol. The molecule has 0 unspecified atom stereocenters. The van der Waals surface area contributed by atoms with Crippen molar-refractivity contribution in [2.75, 3.05) is 23.9 Å². The largest absolute Gasteiger partial charge is 0.478 e. The second-order valence-corrected chi connectivity index (χ2v) is 8.17. The first-order valence-electron chi connectivity index (χ1n) is 5.71. The van der Waals surface area contributed by atoms with Gasteiger partial charge in [-0.3, -0.25) is 0 Å². The first kappa shape index (κ1) is 16.6. The molecule has 0 saturated heterocycles. The first-order valence-corrected chi connectivity index (χ1v) is 7.98. The first-order chi connectivity index (χ1) is 8.95. The summed E-state index contributed by atoms with van der Waals surface area (Å²) in [6, 6.07) is 2.67. The number of carboxylic acid groups (broad SMARTS) is 1. The monoisotopic (exact) mass is 320 g/mol. The van der Waals surface area contributed by atoms with Crippen molar-refractivity contribution in [3.63, 3.8) is 0 Å². The Bertz CT molecular complexity index is 641. The van der Waals surface area contributed by atoms with Crippen molar-refractivity contribution >= 4 is 38.8 Å². The van der Waals surface area contributed by atoms with Gasteiger partial charge in [0, 0.05) is 18.5 Å². The Balaban J connectivity index is 3.14. The summed E-state index contributed by atoms with van der Waals surface area (Å²) in [5.74, 6) is -1.20. The minimum Gasteiger partial charge on any atom is -0.478 e. The summed E-state index contributed by atoms with van der Waals surface area (Å²) >= 11 is 5.97. The van der Waals surface area contributed by atoms with Crippen LogP contribution in [0.1, 0.15) is 24.2 Å². The van der Waals surface area contributed by atoms with E-state index < -0.39 is 20.6 Å². The highest BCUT2D eigenvalue weighted by Crippen LogP contribution is 2.30. The van der Waals surface area contributed by atoms with Crippen LogP contribution in [0.3, 0.4) is 0 Å². The van der Waals surface area contributed by atoms with Gasteiger partial charge in [0.1, 0.15) is 0 Å². The van der Waals surface area contributed by atoms with Crippen molar-refractivity contribution in [1.29, 1.82) is 0 Å². The zero-order valence-electron chi connectivity index (χ0n) is 11.4. The molecule has 1 rings (SSSR count). The fourth-order valence-electron chi connectivity index (χ4n) is 1.41. The summed E-state index contributed by atoms with van der Waals surface area (Å²) in [4.78, 5) is 11.2. The SMILES string of the molecule is CC(C)(CNc1c(Cl)cc(N)cc1C(=O)O)S(C)(=O)=O. The third-order valence-corrected chi connectivity index (χ3v) is 5.49. The summed E-state index contributed by atoms with van der Waals surface area (Å²) in [5.41, 5.74) is 5.83. The molecule has 6 nitrogen and oxygen atoms in total. The molecule has 0 aromatic heterocycles. The molecule has 0 radical (unpaired) electrons. The number of halogens is 1. The number of benzene rings is 1. The van der Waals surface area contributed by atoms with Crippen LogP contribution in [0, 0.1) is 0 Å². The van der Waals surface area contributed by atoms with Gasteiger partial charge in [0.2, 0.25) is 0 Å². The van der Waals surface area contributed by atoms with Crippen molar-refractivity contribution in [3.05, 3.63) is 22.7 Å². The molecule has 0 fully saturated rings. The third-order valence-electron chi connectivity index (χ3n) is 3.04. The van der Waals surface area contributed by atoms with E-state index in [1.165, 1.54) is 12.1 Å². The number of aromatic carboxylic acids is 1. The molecule has 8 heteroatoms. The molecule has 0 aliphatic carbocycles. The van der Waals surface area contributed by atoms with E-state index >= 15 is 0 Å². The number of hydrogen-bond acceptors (Lipinski definition) is 5. The van der Waals surface area contributed by atoms with Gasteiger partial charge in [-0.25, -0.2) is 13.2 Å². The van der Waals surface area contributed by atoms with Crippen LogP contribution in [-0.2, 0) is 9.84 Å². The van der Waals surface area contributed by atoms with Crippen LogP contribution in [0.25, 0.3) is 0 Å². The molecule has 1 aromatic carbocycles. The van der Waals surface area contributed by atoms with E-state index in [0.717, 1.165) is 6.26 Å². The minimum atomic E-state index is -3.30. The molecule has 4 N–H and O–H groups in total. The predicted octanol–water partition coefficient (Wildman–Crippen LogP) is 1.86. The highest BCUT2D eigenvalue weighted by molar-refractivity contribution is 7.92. The van der Waals surface area contributed by atoms with Crippen LogP contribution in [0.15, 0.2) is 12.1 Å². The van der Waals surface area contributed by atoms with Crippen LogP contribution >= 0.6 is 11.6 Å². The quantitative estimate of drug-likeness (QED) is 0.714. The van der Waals surface area contributed by atoms with E-state index in [-0.39, 0.29) is 28.5 Å². The highest BCUT2D eigenvalue weighted by Gasteiger charge is 2.30. The lowest BCUT2D eigenvalue weighted by Crippen LogP contribution is -2.38. The number of anilines is 2. The van der Waals surface area contributed by atoms with Crippen LogP contribution in [0.5, 0.6) is 0 Å². The molecular formula is C12H17ClN2O4S. The van der Waals surface area contributed by atoms with Crippen molar-refractivity contribution in [2.45, 2.75) is 18.6 Å². The number of hydrogen-bond donors (Lipinski definition) is 3. The van der Waals surface area contributed by atoms with Crippen molar-refractivity contribution < 1.29 is 18.3 Å². The molecule has 0 aliphatic rings. The average molecular weight is 321 g/mol. The molecule has 0 heterocycles. The van der Waals surface area contributed by atoms with Gasteiger partial charge in [-0.05, 0) is 26.0 Å². The Morgan fingerprint density at radius 2 is 2.00 bits per heavy atom. The normalized spacial score (nSPS) is 12.2. The molecule has 1 aromatic rings. The second kappa shape index (κ2) is 5.49. The number of nitrogens with two attached hydrogens (primary N) is 1. The van der Waals surface area contributed by atoms with Gasteiger partial charge in [-0.2, -0.15) is 0 Å². The summed E-state index contributed by atoms with van der Waals surface area (Å²) in [6.45, 7) is 3.11. The lowest BCUT2D eigenvalue weighted by molar-refractivity contribution is 0.0698. The molecule has 20 heavy (non-hydrogen) atoms. The zero-order valence-corrected chi connectivity index (χ0v) is 13.0. The maximum atomic E-state index is 11.6. The number of carboxylic acids is 1. The van der Waals surface area contributed by atoms with E-state index in [9.17, 15) is 13.2 Å². The van der Waals surface area contributed by atoms with Gasteiger partial charge in [-0.1, -0.05) is 11.6 Å². The van der Waals surface area contributed by atoms with Crippen molar-refractivity contribution in [1.82, 2.24) is 0 Å². The summed E-state index contributed by atoms with van der Waals surface area (Å²) in [6.07, 6.45) is 1.12. The Morgan fingerprint density at radius 3 is 2.45 bits per heavy atom. The van der Waals surface area contributed by atoms with E-state index in [0.29, 0.717) is 0 Å². The summed E-state index contributed by atoms with van der Waals surface area (Å²) in [5, 5.41) is 12.1. The lowest BCUT2D eigenvalue weighted by Gasteiger charge is -2.24. The van der Waals surface area contributed by atoms with Crippen molar-refractivity contribution in [3.8, 4) is 0 Å². The van der Waals surface area contributed by atoms with E-state index in [2.05, 4.69) is 5.32 Å². The molecule has 0 aliphatic heterocycles. The molecule has 112 valence electrons. The zero-order chi connectivity index (χ0) is 15.7. The maximum Gasteiger partial charge on any atom is 0.337 e. The highest BCUT2D eigenvalue weighted by atomic mass is 35.5. The number of rotatable bonds is 5. The molecule has 0 amide bonds. The van der Waals surface area contributed by atoms with Crippen molar-refractivity contribution in [2.24, 2.45) is 0 Å². The van der Waals surface area contributed by atoms with E-state index in [1.54, 1.807) is 13.8 Å². The Kier molecular flexibility index (Phi) is 4.55. The second-order valence-electron chi connectivity index (χ2n) is 5.12. The van der Waals surface area contributed by atoms with Crippen LogP contribution in [0.2, 0.25) is 5.02 Å². The van der Waals surface area contributed by atoms with E-state index in [4.69, 9.17) is 22.4 Å². The number of sulfone groups is 1. The van der Waals surface area contributed by atoms with Gasteiger partial charge in [-0.15, -0.1) is 0 Å². The van der Waals surface area contributed by atoms with Gasteiger partial charge in [0.15, 0.2) is 9.84 Å². The number of carbonyl (C=O) groups is 1. The molecule has 0 bridgehead atoms. The van der Waals surface area contributed by atoms with Crippen LogP contribution < -0.4 is 11.1 Å². The lowest BCUT2D eigenvalue weighted by atomic mass is 10.1. The Hall–Kier alpha value is -1.47. The minimum absolute atomic E-state index is 0.0236. The van der Waals surface area contributed by atoms with Gasteiger partial charge in [0.25, 0.3) is 0 Å². The number of nitrogens with one attached hydrogen (secondary N) is 1. The number of nitrogen functional groups attached to an aromatic ring is 1. The summed E-state index contributed by atoms with van der Waals surface area (Å²) < 4.78 is 22.2. The van der Waals surface area contributed by atoms with Gasteiger partial charge < -0.3 is 16.2 Å². The maximum absolute atomic E-state index is 11.6. The smallest absolute Gasteiger partial charge is 0.337 e. The Labute approximate surface area is 122 Å². The van der Waals surface area contributed by atoms with Crippen LogP contribution in [-0.4, -0.2) is 37.0 Å². The van der Waals surface area contributed by atoms with Crippen LogP contribution in [0.4, 0.5) is 11.4 Å². The topological polar surface area (TPSA) is 109 Å². The fourth-order valence-corrected chi connectivity index (χ4v) is 2.04. The fraction of sp³-hybridized carbons (Fsp3) is 0.417. The van der Waals surface area contributed by atoms with E-state index in [1.807, 2.05) is 0 Å². The van der Waals surface area contributed by atoms with Gasteiger partial charge >= 0.3 is 5.97 Å². The molecule has 0 spiro atoms. The predicted molar refractivity (Wildman–Crippen MR) is 80.2 cm³/mol. The third kappa shape index (κ3) is 3.55. The average Bonchev–Trinajstić information content (AvgIpc) is 2.24. The summed E-state index contributed by atoms with van der Waals surface area (Å²) in [7, 11) is -3.30. The standard InChI is InChI=1S/C12H17ClN2O4S/c1-12(2,20(3,18)19)6-15-10-8(11(16)17)4-7(14)5-9(10)13/h4-5,15H,6,14H2,1-3H3,(H,16,17). The molecule has 0 atom stereocenters. The molecule has 0 saturated carbocycles.